The second-order valence-electron chi connectivity index (χ2n) is 4.11. The van der Waals surface area contributed by atoms with Crippen LogP contribution in [0.15, 0.2) is 18.3 Å². The molecule has 7 nitrogen and oxygen atoms in total. The van der Waals surface area contributed by atoms with Gasteiger partial charge in [-0.15, -0.1) is 9.83 Å². The fourth-order valence-corrected chi connectivity index (χ4v) is 1.80. The fourth-order valence-electron chi connectivity index (χ4n) is 1.80. The Hall–Kier alpha value is -2.60. The first-order valence-corrected chi connectivity index (χ1v) is 5.18. The van der Waals surface area contributed by atoms with E-state index >= 15 is 0 Å². The predicted octanol–water partition coefficient (Wildman–Crippen LogP) is 0.0175. The molecule has 0 bridgehead atoms. The van der Waals surface area contributed by atoms with Crippen molar-refractivity contribution in [3.05, 3.63) is 23.5 Å². The van der Waals surface area contributed by atoms with Crippen LogP contribution in [-0.4, -0.2) is 58.5 Å². The summed E-state index contributed by atoms with van der Waals surface area (Å²) < 4.78 is 3.47. The zero-order valence-electron chi connectivity index (χ0n) is 12.8. The monoisotopic (exact) mass is 355 g/mol. The molecule has 0 fully saturated rings. The van der Waals surface area contributed by atoms with Gasteiger partial charge in [-0.3, -0.25) is 37.7 Å². The van der Waals surface area contributed by atoms with E-state index in [4.69, 9.17) is 0 Å². The van der Waals surface area contributed by atoms with Crippen molar-refractivity contribution in [2.45, 2.75) is 0 Å². The summed E-state index contributed by atoms with van der Waals surface area (Å²) in [5, 5.41) is 15.5. The van der Waals surface area contributed by atoms with E-state index < -0.39 is 0 Å². The van der Waals surface area contributed by atoms with Gasteiger partial charge in [-0.1, -0.05) is 4.68 Å². The summed E-state index contributed by atoms with van der Waals surface area (Å²) in [5.41, 5.74) is 0.994. The van der Waals surface area contributed by atoms with Crippen LogP contribution in [0.25, 0.3) is 11.2 Å². The summed E-state index contributed by atoms with van der Waals surface area (Å²) in [6, 6.07) is 3.60. The molecule has 0 radical (unpaired) electrons. The lowest BCUT2D eigenvalue weighted by Crippen LogP contribution is -2.39. The lowest BCUT2D eigenvalue weighted by Gasteiger charge is -2.09. The van der Waals surface area contributed by atoms with E-state index in [-0.39, 0.29) is 28.2 Å². The van der Waals surface area contributed by atoms with Gasteiger partial charge in [-0.25, -0.2) is 0 Å². The first-order chi connectivity index (χ1) is 8.02. The summed E-state index contributed by atoms with van der Waals surface area (Å²) in [6.07, 6.45) is 1.58. The van der Waals surface area contributed by atoms with Gasteiger partial charge >= 0.3 is 11.6 Å². The molecule has 0 amide bonds. The standard InChI is InChI=1S/C10H15N6O.6FH/c1-13(2)10(14(3)4)15-8-6-5-7-11-9(8)16(17)12-15;;;;;;/h5-7H,1-4H3;6*1H/q+1;;;;;;. The number of aromatic nitrogens is 4. The molecule has 2 aromatic heterocycles. The average molecular weight is 355 g/mol. The van der Waals surface area contributed by atoms with Crippen LogP contribution >= 0.6 is 0 Å². The van der Waals surface area contributed by atoms with Crippen molar-refractivity contribution in [3.63, 3.8) is 0 Å². The highest BCUT2D eigenvalue weighted by atomic mass is 19.0. The lowest BCUT2D eigenvalue weighted by molar-refractivity contribution is -0.647. The first-order valence-electron chi connectivity index (χ1n) is 5.18. The Balaban J connectivity index is -0.000000180. The van der Waals surface area contributed by atoms with Gasteiger partial charge in [0.2, 0.25) is 5.52 Å². The summed E-state index contributed by atoms with van der Waals surface area (Å²) in [6.45, 7) is 0. The molecule has 2 heterocycles. The van der Waals surface area contributed by atoms with Crippen molar-refractivity contribution < 1.29 is 37.6 Å². The molecule has 0 saturated heterocycles. The summed E-state index contributed by atoms with van der Waals surface area (Å²) in [4.78, 5) is 6.44. The van der Waals surface area contributed by atoms with Crippen molar-refractivity contribution >= 4 is 17.1 Å². The van der Waals surface area contributed by atoms with Crippen LogP contribution in [0.3, 0.4) is 0 Å². The topological polar surface area (TPSA) is 63.9 Å². The van der Waals surface area contributed by atoms with Crippen LogP contribution in [0, 0.1) is 5.21 Å². The van der Waals surface area contributed by atoms with Gasteiger partial charge in [0.15, 0.2) is 0 Å². The molecule has 2 aromatic rings. The SMILES string of the molecule is CN(C)C(n1n[n+]([O-])c2ncccc21)=[N+](C)C.F.F.F.F.F.F. The van der Waals surface area contributed by atoms with E-state index in [1.54, 1.807) is 16.9 Å². The van der Waals surface area contributed by atoms with Gasteiger partial charge in [0.25, 0.3) is 0 Å². The molecule has 0 aliphatic rings. The van der Waals surface area contributed by atoms with Crippen LogP contribution in [0.5, 0.6) is 0 Å². The van der Waals surface area contributed by atoms with Crippen LogP contribution in [0.4, 0.5) is 28.2 Å². The highest BCUT2D eigenvalue weighted by molar-refractivity contribution is 5.85. The molecule has 13 heteroatoms. The number of hydrogen-bond donors (Lipinski definition) is 0. The first kappa shape index (κ1) is 32.4. The molecule has 0 aliphatic heterocycles. The van der Waals surface area contributed by atoms with Gasteiger partial charge in [-0.2, -0.15) is 0 Å². The molecule has 0 saturated carbocycles. The zero-order valence-corrected chi connectivity index (χ0v) is 12.8. The maximum absolute atomic E-state index is 11.6. The molecule has 2 rings (SSSR count). The van der Waals surface area contributed by atoms with Crippen LogP contribution in [-0.2, 0) is 0 Å². The molecule has 0 aliphatic carbocycles. The molecule has 23 heavy (non-hydrogen) atoms. The van der Waals surface area contributed by atoms with Crippen LogP contribution in [0.1, 0.15) is 0 Å². The Morgan fingerprint density at radius 2 is 1.65 bits per heavy atom. The van der Waals surface area contributed by atoms with Gasteiger partial charge in [0, 0.05) is 5.21 Å². The van der Waals surface area contributed by atoms with E-state index in [9.17, 15) is 5.21 Å². The quantitative estimate of drug-likeness (QED) is 0.220. The Kier molecular flexibility index (Phi) is 16.9. The van der Waals surface area contributed by atoms with Gasteiger partial charge in [0.05, 0.1) is 28.2 Å². The summed E-state index contributed by atoms with van der Waals surface area (Å²) >= 11 is 0. The van der Waals surface area contributed by atoms with Gasteiger partial charge < -0.3 is 5.21 Å². The van der Waals surface area contributed by atoms with Crippen molar-refractivity contribution in [2.24, 2.45) is 0 Å². The van der Waals surface area contributed by atoms with Gasteiger partial charge in [0.1, 0.15) is 6.20 Å². The van der Waals surface area contributed by atoms with Crippen molar-refractivity contribution in [1.82, 2.24) is 19.8 Å². The minimum absolute atomic E-state index is 0. The largest absolute Gasteiger partial charge is 0.721 e. The molecule has 138 valence electrons. The molecule has 0 unspecified atom stereocenters. The Morgan fingerprint density at radius 1 is 1.13 bits per heavy atom. The molecular weight excluding hydrogens is 334 g/mol. The lowest BCUT2D eigenvalue weighted by atomic mass is 10.4. The third kappa shape index (κ3) is 5.60. The third-order valence-corrected chi connectivity index (χ3v) is 2.34. The number of pyridine rings is 1. The summed E-state index contributed by atoms with van der Waals surface area (Å²) in [5.74, 6) is 0.789. The van der Waals surface area contributed by atoms with E-state index in [1.807, 2.05) is 43.7 Å². The second-order valence-corrected chi connectivity index (χ2v) is 4.11. The molecule has 0 aromatic carbocycles. The fraction of sp³-hybridized carbons (Fsp3) is 0.400. The molecule has 0 atom stereocenters. The molecule has 0 spiro atoms. The number of nitrogens with zero attached hydrogens (tertiary/aromatic N) is 6. The number of halogens is 6. The Bertz CT molecular complexity index is 601. The van der Waals surface area contributed by atoms with Crippen LogP contribution in [0.2, 0.25) is 0 Å². The molecule has 0 N–H and O–H groups in total. The zero-order chi connectivity index (χ0) is 12.6. The Labute approximate surface area is 127 Å². The Morgan fingerprint density at radius 3 is 2.09 bits per heavy atom. The van der Waals surface area contributed by atoms with Crippen LogP contribution < -0.4 is 4.85 Å². The van der Waals surface area contributed by atoms with Crippen molar-refractivity contribution in [1.29, 1.82) is 0 Å². The van der Waals surface area contributed by atoms with Gasteiger partial charge in [-0.05, 0) is 12.1 Å². The second kappa shape index (κ2) is 12.0. The maximum Gasteiger partial charge on any atom is 0.381 e. The van der Waals surface area contributed by atoms with E-state index in [0.717, 1.165) is 5.96 Å². The van der Waals surface area contributed by atoms with Crippen molar-refractivity contribution in [3.8, 4) is 0 Å². The highest BCUT2D eigenvalue weighted by Crippen LogP contribution is 2.05. The molecular formula is C10H21F6N6O+. The van der Waals surface area contributed by atoms with E-state index in [1.165, 1.54) is 0 Å². The normalized spacial score (nSPS) is 7.83. The number of hydrogen-bond acceptors (Lipinski definition) is 3. The smallest absolute Gasteiger partial charge is 0.381 e. The highest BCUT2D eigenvalue weighted by Gasteiger charge is 2.24. The summed E-state index contributed by atoms with van der Waals surface area (Å²) in [7, 11) is 7.59. The average Bonchev–Trinajstić information content (AvgIpc) is 2.56. The number of fused-ring (bicyclic) bond motifs is 1. The number of rotatable bonds is 0. The minimum atomic E-state index is 0. The third-order valence-electron chi connectivity index (χ3n) is 2.34. The van der Waals surface area contributed by atoms with E-state index in [2.05, 4.69) is 10.2 Å². The van der Waals surface area contributed by atoms with E-state index in [0.29, 0.717) is 16.0 Å². The maximum atomic E-state index is 11.6. The minimum Gasteiger partial charge on any atom is -0.721 e. The predicted molar refractivity (Wildman–Crippen MR) is 77.7 cm³/mol. The van der Waals surface area contributed by atoms with Crippen molar-refractivity contribution in [2.75, 3.05) is 28.2 Å².